The number of aromatic nitrogens is 3. The molecule has 0 unspecified atom stereocenters. The van der Waals surface area contributed by atoms with Crippen molar-refractivity contribution in [2.24, 2.45) is 0 Å². The average molecular weight is 216 g/mol. The van der Waals surface area contributed by atoms with Gasteiger partial charge in [-0.1, -0.05) is 0 Å². The third kappa shape index (κ3) is 2.17. The predicted octanol–water partition coefficient (Wildman–Crippen LogP) is 1.64. The Labute approximate surface area is 82.3 Å². The Morgan fingerprint density at radius 2 is 2.00 bits per heavy atom. The number of anilines is 1. The van der Waals surface area contributed by atoms with E-state index >= 15 is 0 Å². The van der Waals surface area contributed by atoms with Gasteiger partial charge in [0.05, 0.1) is 5.52 Å². The number of H-pyrrole nitrogens is 1. The number of imidazole rings is 1. The van der Waals surface area contributed by atoms with Crippen LogP contribution >= 0.6 is 0 Å². The number of aromatic amines is 1. The lowest BCUT2D eigenvalue weighted by atomic mass is 10.4. The van der Waals surface area contributed by atoms with E-state index < -0.39 is 12.6 Å². The summed E-state index contributed by atoms with van der Waals surface area (Å²) in [5.41, 5.74) is 6.02. The largest absolute Gasteiger partial charge is 0.396 e. The van der Waals surface area contributed by atoms with Crippen LogP contribution in [0, 0.1) is 0 Å². The van der Waals surface area contributed by atoms with E-state index in [9.17, 15) is 13.2 Å². The minimum absolute atomic E-state index is 0.157. The topological polar surface area (TPSA) is 67.6 Å². The van der Waals surface area contributed by atoms with Gasteiger partial charge in [0.2, 0.25) is 0 Å². The fourth-order valence-electron chi connectivity index (χ4n) is 1.23. The lowest BCUT2D eigenvalue weighted by molar-refractivity contribution is -0.128. The summed E-state index contributed by atoms with van der Waals surface area (Å²) < 4.78 is 36.1. The van der Waals surface area contributed by atoms with Gasteiger partial charge in [0.25, 0.3) is 0 Å². The van der Waals surface area contributed by atoms with Crippen LogP contribution in [0.15, 0.2) is 12.1 Å². The number of nitrogen functional groups attached to an aromatic ring is 1. The number of alkyl halides is 3. The number of fused-ring (bicyclic) bond motifs is 1. The van der Waals surface area contributed by atoms with Crippen molar-refractivity contribution in [3.05, 3.63) is 18.0 Å². The van der Waals surface area contributed by atoms with Crippen LogP contribution in [0.3, 0.4) is 0 Å². The molecule has 0 saturated carbocycles. The maximum absolute atomic E-state index is 12.0. The van der Waals surface area contributed by atoms with E-state index in [1.807, 2.05) is 0 Å². The zero-order chi connectivity index (χ0) is 11.1. The van der Waals surface area contributed by atoms with Crippen LogP contribution in [0.5, 0.6) is 0 Å². The van der Waals surface area contributed by atoms with Crippen molar-refractivity contribution >= 4 is 17.0 Å². The Kier molecular flexibility index (Phi) is 2.02. The summed E-state index contributed by atoms with van der Waals surface area (Å²) in [6, 6.07) is 3.04. The number of pyridine rings is 1. The van der Waals surface area contributed by atoms with E-state index in [2.05, 4.69) is 15.0 Å². The zero-order valence-electron chi connectivity index (χ0n) is 7.47. The summed E-state index contributed by atoms with van der Waals surface area (Å²) in [6.07, 6.45) is -5.37. The number of nitrogens with two attached hydrogens (primary N) is 1. The van der Waals surface area contributed by atoms with E-state index in [0.717, 1.165) is 0 Å². The number of hydrogen-bond donors (Lipinski definition) is 2. The van der Waals surface area contributed by atoms with Crippen LogP contribution in [0.4, 0.5) is 19.0 Å². The second kappa shape index (κ2) is 3.11. The molecule has 3 N–H and O–H groups in total. The number of halogens is 3. The molecule has 0 aliphatic carbocycles. The number of rotatable bonds is 1. The van der Waals surface area contributed by atoms with Gasteiger partial charge in [-0.3, -0.25) is 0 Å². The van der Waals surface area contributed by atoms with Gasteiger partial charge in [-0.2, -0.15) is 13.2 Å². The summed E-state index contributed by atoms with van der Waals surface area (Å²) in [5.74, 6) is 0.0724. The zero-order valence-corrected chi connectivity index (χ0v) is 7.47. The van der Waals surface area contributed by atoms with Crippen molar-refractivity contribution in [1.29, 1.82) is 0 Å². The van der Waals surface area contributed by atoms with Crippen LogP contribution < -0.4 is 5.73 Å². The highest BCUT2D eigenvalue weighted by Gasteiger charge is 2.29. The summed E-state index contributed by atoms with van der Waals surface area (Å²) in [5, 5.41) is 0. The van der Waals surface area contributed by atoms with Crippen LogP contribution in [0.2, 0.25) is 0 Å². The highest BCUT2D eigenvalue weighted by Crippen LogP contribution is 2.21. The first-order valence-corrected chi connectivity index (χ1v) is 4.12. The molecule has 2 aromatic rings. The van der Waals surface area contributed by atoms with Gasteiger partial charge in [-0.15, -0.1) is 0 Å². The Hall–Kier alpha value is -1.79. The Bertz CT molecular complexity index is 488. The normalized spacial score (nSPS) is 12.2. The minimum Gasteiger partial charge on any atom is -0.384 e. The highest BCUT2D eigenvalue weighted by molar-refractivity contribution is 5.72. The summed E-state index contributed by atoms with van der Waals surface area (Å²) >= 11 is 0. The maximum Gasteiger partial charge on any atom is 0.396 e. The molecule has 80 valence electrons. The lowest BCUT2D eigenvalue weighted by Crippen LogP contribution is -2.12. The molecule has 2 aromatic heterocycles. The minimum atomic E-state index is -4.28. The van der Waals surface area contributed by atoms with Crippen molar-refractivity contribution < 1.29 is 13.2 Å². The molecule has 0 bridgehead atoms. The molecular weight excluding hydrogens is 209 g/mol. The Morgan fingerprint density at radius 3 is 2.67 bits per heavy atom. The molecule has 0 aromatic carbocycles. The fraction of sp³-hybridized carbons (Fsp3) is 0.250. The van der Waals surface area contributed by atoms with Gasteiger partial charge in [0.1, 0.15) is 18.1 Å². The van der Waals surface area contributed by atoms with E-state index in [-0.39, 0.29) is 17.3 Å². The second-order valence-electron chi connectivity index (χ2n) is 3.08. The van der Waals surface area contributed by atoms with Gasteiger partial charge in [0.15, 0.2) is 5.65 Å². The summed E-state index contributed by atoms with van der Waals surface area (Å²) in [4.78, 5) is 10.0. The molecule has 2 heterocycles. The van der Waals surface area contributed by atoms with E-state index in [0.29, 0.717) is 5.52 Å². The molecule has 0 aliphatic heterocycles. The molecule has 0 aliphatic rings. The quantitative estimate of drug-likeness (QED) is 0.761. The Morgan fingerprint density at radius 1 is 1.27 bits per heavy atom. The van der Waals surface area contributed by atoms with Gasteiger partial charge in [-0.05, 0) is 12.1 Å². The molecule has 15 heavy (non-hydrogen) atoms. The first kappa shape index (κ1) is 9.75. The molecule has 0 fully saturated rings. The third-order valence-corrected chi connectivity index (χ3v) is 1.78. The lowest BCUT2D eigenvalue weighted by Gasteiger charge is -2.01. The maximum atomic E-state index is 12.0. The van der Waals surface area contributed by atoms with Crippen LogP contribution in [0.25, 0.3) is 11.2 Å². The van der Waals surface area contributed by atoms with E-state index in [1.54, 1.807) is 6.07 Å². The van der Waals surface area contributed by atoms with Gasteiger partial charge in [0, 0.05) is 0 Å². The summed E-state index contributed by atoms with van der Waals surface area (Å²) in [7, 11) is 0. The monoisotopic (exact) mass is 216 g/mol. The van der Waals surface area contributed by atoms with E-state index in [1.165, 1.54) is 6.07 Å². The molecule has 4 nitrogen and oxygen atoms in total. The van der Waals surface area contributed by atoms with Gasteiger partial charge < -0.3 is 10.7 Å². The smallest absolute Gasteiger partial charge is 0.384 e. The predicted molar refractivity (Wildman–Crippen MR) is 48.1 cm³/mol. The first-order chi connectivity index (χ1) is 6.94. The molecule has 0 atom stereocenters. The molecular formula is C8H7F3N4. The SMILES string of the molecule is Nc1ccc2[nH]c(CC(F)(F)F)nc2n1. The average Bonchev–Trinajstić information content (AvgIpc) is 2.42. The molecule has 0 saturated heterocycles. The van der Waals surface area contributed by atoms with Crippen molar-refractivity contribution in [1.82, 2.24) is 15.0 Å². The van der Waals surface area contributed by atoms with Crippen molar-refractivity contribution in [3.63, 3.8) is 0 Å². The number of hydrogen-bond acceptors (Lipinski definition) is 3. The first-order valence-electron chi connectivity index (χ1n) is 4.12. The van der Waals surface area contributed by atoms with Crippen molar-refractivity contribution in [2.45, 2.75) is 12.6 Å². The summed E-state index contributed by atoms with van der Waals surface area (Å²) in [6.45, 7) is 0. The Balaban J connectivity index is 2.39. The molecule has 2 rings (SSSR count). The number of nitrogens with zero attached hydrogens (tertiary/aromatic N) is 2. The standard InChI is InChI=1S/C8H7F3N4/c9-8(10,11)3-6-13-4-1-2-5(12)14-7(4)15-6/h1-2H,3H2,(H3,12,13,14,15). The second-order valence-corrected chi connectivity index (χ2v) is 3.08. The molecule has 0 amide bonds. The molecule has 0 radical (unpaired) electrons. The van der Waals surface area contributed by atoms with Crippen LogP contribution in [0.1, 0.15) is 5.82 Å². The van der Waals surface area contributed by atoms with Crippen LogP contribution in [-0.4, -0.2) is 21.1 Å². The number of nitrogens with one attached hydrogen (secondary N) is 1. The highest BCUT2D eigenvalue weighted by atomic mass is 19.4. The third-order valence-electron chi connectivity index (χ3n) is 1.78. The van der Waals surface area contributed by atoms with E-state index in [4.69, 9.17) is 5.73 Å². The van der Waals surface area contributed by atoms with Gasteiger partial charge >= 0.3 is 6.18 Å². The van der Waals surface area contributed by atoms with Crippen molar-refractivity contribution in [3.8, 4) is 0 Å². The van der Waals surface area contributed by atoms with Crippen molar-refractivity contribution in [2.75, 3.05) is 5.73 Å². The molecule has 7 heteroatoms. The van der Waals surface area contributed by atoms with Gasteiger partial charge in [-0.25, -0.2) is 9.97 Å². The molecule has 0 spiro atoms. The van der Waals surface area contributed by atoms with Crippen LogP contribution in [-0.2, 0) is 6.42 Å². The fourth-order valence-corrected chi connectivity index (χ4v) is 1.23.